The van der Waals surface area contributed by atoms with Crippen molar-refractivity contribution in [2.24, 2.45) is 23.8 Å². The Labute approximate surface area is 116 Å². The molecular weight excluding hydrogens is 294 g/mol. The first-order valence-corrected chi connectivity index (χ1v) is 7.31. The Morgan fingerprint density at radius 3 is 2.50 bits per heavy atom. The second kappa shape index (κ2) is 3.37. The third-order valence-electron chi connectivity index (χ3n) is 5.70. The molecule has 1 aromatic rings. The number of aliphatic hydroxyl groups is 1. The van der Waals surface area contributed by atoms with E-state index in [1.54, 1.807) is 4.68 Å². The van der Waals surface area contributed by atoms with Crippen LogP contribution in [-0.4, -0.2) is 20.1 Å². The summed E-state index contributed by atoms with van der Waals surface area (Å²) in [5.74, 6) is 0.578. The number of hydrogen-bond donors (Lipinski definition) is 1. The Hall–Kier alpha value is -0.420. The average Bonchev–Trinajstić information content (AvgIpc) is 2.86. The summed E-state index contributed by atoms with van der Waals surface area (Å²) in [6.45, 7) is 6.57. The first kappa shape index (κ1) is 12.6. The molecule has 3 atom stereocenters. The second-order valence-electron chi connectivity index (χ2n) is 6.78. The zero-order valence-electron chi connectivity index (χ0n) is 11.4. The van der Waals surface area contributed by atoms with Gasteiger partial charge in [0.05, 0.1) is 0 Å². The van der Waals surface area contributed by atoms with Crippen LogP contribution in [0, 0.1) is 16.7 Å². The second-order valence-corrected chi connectivity index (χ2v) is 7.54. The van der Waals surface area contributed by atoms with Crippen LogP contribution >= 0.6 is 15.9 Å². The van der Waals surface area contributed by atoms with Gasteiger partial charge in [0.15, 0.2) is 4.60 Å². The lowest BCUT2D eigenvalue weighted by molar-refractivity contribution is -0.156. The molecule has 3 unspecified atom stereocenters. The standard InChI is InChI=1S/C13H20BrN3O/c1-11(2)8-5-6-12(3,7-8)13(11,18)9-10(14)15-16-17(9)4/h8,18H,5-7H2,1-4H3. The lowest BCUT2D eigenvalue weighted by Crippen LogP contribution is -2.52. The summed E-state index contributed by atoms with van der Waals surface area (Å²) in [6.07, 6.45) is 3.39. The van der Waals surface area contributed by atoms with E-state index in [9.17, 15) is 5.11 Å². The van der Waals surface area contributed by atoms with Gasteiger partial charge in [0.25, 0.3) is 0 Å². The van der Waals surface area contributed by atoms with Crippen molar-refractivity contribution in [3.63, 3.8) is 0 Å². The van der Waals surface area contributed by atoms with E-state index in [0.717, 1.165) is 18.5 Å². The zero-order valence-corrected chi connectivity index (χ0v) is 13.0. The highest BCUT2D eigenvalue weighted by molar-refractivity contribution is 9.10. The van der Waals surface area contributed by atoms with Crippen LogP contribution in [0.15, 0.2) is 4.60 Å². The van der Waals surface area contributed by atoms with Crippen LogP contribution in [0.5, 0.6) is 0 Å². The Kier molecular flexibility index (Phi) is 2.36. The topological polar surface area (TPSA) is 50.9 Å². The van der Waals surface area contributed by atoms with Gasteiger partial charge in [0.1, 0.15) is 11.3 Å². The summed E-state index contributed by atoms with van der Waals surface area (Å²) in [5, 5.41) is 19.7. The minimum Gasteiger partial charge on any atom is -0.382 e. The van der Waals surface area contributed by atoms with E-state index in [0.29, 0.717) is 10.5 Å². The molecule has 3 rings (SSSR count). The van der Waals surface area contributed by atoms with E-state index in [1.807, 2.05) is 7.05 Å². The first-order valence-electron chi connectivity index (χ1n) is 6.52. The lowest BCUT2D eigenvalue weighted by atomic mass is 9.59. The molecule has 0 spiro atoms. The molecule has 0 aromatic carbocycles. The average molecular weight is 314 g/mol. The molecule has 4 nitrogen and oxygen atoms in total. The van der Waals surface area contributed by atoms with Crippen LogP contribution in [-0.2, 0) is 12.6 Å². The summed E-state index contributed by atoms with van der Waals surface area (Å²) in [5.41, 5.74) is -0.242. The summed E-state index contributed by atoms with van der Waals surface area (Å²) >= 11 is 3.46. The smallest absolute Gasteiger partial charge is 0.154 e. The molecule has 0 radical (unpaired) electrons. The predicted octanol–water partition coefficient (Wildman–Crippen LogP) is 2.61. The van der Waals surface area contributed by atoms with Crippen LogP contribution in [0.4, 0.5) is 0 Å². The predicted molar refractivity (Wildman–Crippen MR) is 71.8 cm³/mol. The highest BCUT2D eigenvalue weighted by Gasteiger charge is 2.70. The highest BCUT2D eigenvalue weighted by atomic mass is 79.9. The van der Waals surface area contributed by atoms with Crippen molar-refractivity contribution in [2.75, 3.05) is 0 Å². The third-order valence-corrected chi connectivity index (χ3v) is 6.23. The molecule has 5 heteroatoms. The zero-order chi connectivity index (χ0) is 13.3. The van der Waals surface area contributed by atoms with E-state index in [4.69, 9.17) is 0 Å². The van der Waals surface area contributed by atoms with Gasteiger partial charge in [-0.3, -0.25) is 0 Å². The van der Waals surface area contributed by atoms with Gasteiger partial charge in [0, 0.05) is 17.9 Å². The van der Waals surface area contributed by atoms with E-state index < -0.39 is 5.60 Å². The van der Waals surface area contributed by atoms with Gasteiger partial charge in [0.2, 0.25) is 0 Å². The number of aromatic nitrogens is 3. The Bertz CT molecular complexity index is 486. The molecule has 2 fully saturated rings. The van der Waals surface area contributed by atoms with Gasteiger partial charge in [-0.05, 0) is 41.1 Å². The van der Waals surface area contributed by atoms with Crippen molar-refractivity contribution in [1.29, 1.82) is 0 Å². The summed E-state index contributed by atoms with van der Waals surface area (Å²) in [7, 11) is 1.86. The molecule has 0 amide bonds. The molecule has 1 aromatic heterocycles. The van der Waals surface area contributed by atoms with Crippen molar-refractivity contribution < 1.29 is 5.11 Å². The third kappa shape index (κ3) is 1.15. The molecule has 1 N–H and O–H groups in total. The van der Waals surface area contributed by atoms with Crippen LogP contribution in [0.3, 0.4) is 0 Å². The molecule has 2 bridgehead atoms. The van der Waals surface area contributed by atoms with Crippen molar-refractivity contribution in [3.8, 4) is 0 Å². The number of fused-ring (bicyclic) bond motifs is 2. The molecule has 0 aliphatic heterocycles. The quantitative estimate of drug-likeness (QED) is 0.867. The number of rotatable bonds is 1. The molecule has 2 saturated carbocycles. The summed E-state index contributed by atoms with van der Waals surface area (Å²) in [6, 6.07) is 0. The number of hydrogen-bond acceptors (Lipinski definition) is 3. The number of nitrogens with zero attached hydrogens (tertiary/aromatic N) is 3. The van der Waals surface area contributed by atoms with Crippen LogP contribution in [0.2, 0.25) is 0 Å². The lowest BCUT2D eigenvalue weighted by Gasteiger charge is -2.50. The largest absolute Gasteiger partial charge is 0.382 e. The fraction of sp³-hybridized carbons (Fsp3) is 0.846. The Balaban J connectivity index is 2.26. The number of aryl methyl sites for hydroxylation is 1. The van der Waals surface area contributed by atoms with Gasteiger partial charge in [-0.25, -0.2) is 4.68 Å². The molecule has 18 heavy (non-hydrogen) atoms. The fourth-order valence-electron chi connectivity index (χ4n) is 4.56. The summed E-state index contributed by atoms with van der Waals surface area (Å²) in [4.78, 5) is 0. The highest BCUT2D eigenvalue weighted by Crippen LogP contribution is 2.72. The Morgan fingerprint density at radius 2 is 2.06 bits per heavy atom. The SMILES string of the molecule is Cn1nnc(Br)c1C1(O)C2(C)CCC(C2)C1(C)C. The molecule has 2 aliphatic carbocycles. The van der Waals surface area contributed by atoms with Crippen molar-refractivity contribution in [3.05, 3.63) is 10.3 Å². The first-order chi connectivity index (χ1) is 8.24. The van der Waals surface area contributed by atoms with Gasteiger partial charge < -0.3 is 5.11 Å². The van der Waals surface area contributed by atoms with E-state index in [-0.39, 0.29) is 10.8 Å². The maximum atomic E-state index is 11.6. The maximum Gasteiger partial charge on any atom is 0.154 e. The van der Waals surface area contributed by atoms with Crippen molar-refractivity contribution in [1.82, 2.24) is 15.0 Å². The minimum absolute atomic E-state index is 0.0703. The molecule has 1 heterocycles. The maximum absolute atomic E-state index is 11.6. The van der Waals surface area contributed by atoms with Gasteiger partial charge >= 0.3 is 0 Å². The molecule has 2 aliphatic rings. The van der Waals surface area contributed by atoms with Crippen LogP contribution < -0.4 is 0 Å². The molecular formula is C13H20BrN3O. The van der Waals surface area contributed by atoms with Crippen molar-refractivity contribution in [2.45, 2.75) is 45.6 Å². The van der Waals surface area contributed by atoms with Gasteiger partial charge in [-0.2, -0.15) is 0 Å². The van der Waals surface area contributed by atoms with Crippen LogP contribution in [0.1, 0.15) is 45.7 Å². The minimum atomic E-state index is -0.861. The number of halogens is 1. The molecule has 100 valence electrons. The monoisotopic (exact) mass is 313 g/mol. The van der Waals surface area contributed by atoms with Crippen molar-refractivity contribution >= 4 is 15.9 Å². The summed E-state index contributed by atoms with van der Waals surface area (Å²) < 4.78 is 2.40. The van der Waals surface area contributed by atoms with E-state index in [2.05, 4.69) is 47.0 Å². The van der Waals surface area contributed by atoms with Gasteiger partial charge in [-0.15, -0.1) is 5.10 Å². The fourth-order valence-corrected chi connectivity index (χ4v) is 5.18. The van der Waals surface area contributed by atoms with E-state index in [1.165, 1.54) is 6.42 Å². The Morgan fingerprint density at radius 1 is 1.39 bits per heavy atom. The van der Waals surface area contributed by atoms with Crippen LogP contribution in [0.25, 0.3) is 0 Å². The normalized spacial score (nSPS) is 41.6. The van der Waals surface area contributed by atoms with Gasteiger partial charge in [-0.1, -0.05) is 26.0 Å². The van der Waals surface area contributed by atoms with E-state index >= 15 is 0 Å². The molecule has 0 saturated heterocycles.